The van der Waals surface area contributed by atoms with Crippen molar-refractivity contribution in [3.63, 3.8) is 0 Å². The zero-order valence-corrected chi connectivity index (χ0v) is 13.0. The van der Waals surface area contributed by atoms with E-state index in [-0.39, 0.29) is 12.1 Å². The molecule has 1 heterocycles. The molecule has 0 bridgehead atoms. The summed E-state index contributed by atoms with van der Waals surface area (Å²) in [6.45, 7) is 2.29. The lowest BCUT2D eigenvalue weighted by Crippen LogP contribution is -2.37. The molecule has 0 fully saturated rings. The molecule has 23 heavy (non-hydrogen) atoms. The number of urea groups is 1. The second-order valence-corrected chi connectivity index (χ2v) is 5.39. The highest BCUT2D eigenvalue weighted by Gasteiger charge is 2.14. The summed E-state index contributed by atoms with van der Waals surface area (Å²) >= 11 is 0. The van der Waals surface area contributed by atoms with Crippen LogP contribution in [0.5, 0.6) is 0 Å². The molecule has 118 valence electrons. The number of aryl methyl sites for hydroxylation is 1. The topological polar surface area (TPSA) is 84.7 Å². The van der Waals surface area contributed by atoms with Gasteiger partial charge in [-0.25, -0.2) is 9.48 Å². The van der Waals surface area contributed by atoms with Gasteiger partial charge in [0.15, 0.2) is 5.82 Å². The highest BCUT2D eigenvalue weighted by Crippen LogP contribution is 2.15. The first-order chi connectivity index (χ1) is 11.1. The molecule has 1 aromatic heterocycles. The third kappa shape index (κ3) is 3.45. The molecule has 0 saturated carbocycles. The molecule has 0 unspecified atom stereocenters. The fourth-order valence-corrected chi connectivity index (χ4v) is 2.45. The van der Waals surface area contributed by atoms with Crippen LogP contribution in [0, 0.1) is 0 Å². The summed E-state index contributed by atoms with van der Waals surface area (Å²) in [4.78, 5) is 12.0. The third-order valence-electron chi connectivity index (χ3n) is 3.65. The van der Waals surface area contributed by atoms with Crippen LogP contribution < -0.4 is 10.6 Å². The van der Waals surface area contributed by atoms with Gasteiger partial charge in [-0.05, 0) is 39.8 Å². The molecule has 1 atom stereocenters. The van der Waals surface area contributed by atoms with E-state index in [9.17, 15) is 4.79 Å². The Morgan fingerprint density at radius 1 is 1.22 bits per heavy atom. The third-order valence-corrected chi connectivity index (χ3v) is 3.65. The number of fused-ring (bicyclic) bond motifs is 1. The Morgan fingerprint density at radius 2 is 2.00 bits per heavy atom. The summed E-state index contributed by atoms with van der Waals surface area (Å²) in [6, 6.07) is 13.7. The number of hydrogen-bond donors (Lipinski definition) is 2. The largest absolute Gasteiger partial charge is 0.334 e. The Bertz CT molecular complexity index is 828. The lowest BCUT2D eigenvalue weighted by molar-refractivity contribution is 0.237. The number of nitrogens with one attached hydrogen (secondary N) is 2. The minimum absolute atomic E-state index is 0.256. The van der Waals surface area contributed by atoms with Gasteiger partial charge in [-0.2, -0.15) is 0 Å². The van der Waals surface area contributed by atoms with Crippen LogP contribution in [0.3, 0.4) is 0 Å². The van der Waals surface area contributed by atoms with Crippen LogP contribution in [-0.4, -0.2) is 26.2 Å². The molecule has 3 aromatic rings. The number of carbonyl (C=O) groups is 1. The quantitative estimate of drug-likeness (QED) is 0.771. The second-order valence-electron chi connectivity index (χ2n) is 5.39. The maximum Gasteiger partial charge on any atom is 0.315 e. The predicted octanol–water partition coefficient (Wildman–Crippen LogP) is 1.92. The maximum atomic E-state index is 12.0. The zero-order valence-electron chi connectivity index (χ0n) is 13.0. The molecule has 2 aromatic carbocycles. The van der Waals surface area contributed by atoms with Gasteiger partial charge in [0, 0.05) is 13.6 Å². The molecule has 7 nitrogen and oxygen atoms in total. The van der Waals surface area contributed by atoms with Gasteiger partial charge in [0.05, 0.1) is 6.04 Å². The molecule has 0 aliphatic heterocycles. The van der Waals surface area contributed by atoms with E-state index in [1.807, 2.05) is 25.1 Å². The van der Waals surface area contributed by atoms with Crippen molar-refractivity contribution in [3.8, 4) is 0 Å². The fraction of sp³-hybridized carbons (Fsp3) is 0.250. The van der Waals surface area contributed by atoms with Gasteiger partial charge in [0.25, 0.3) is 0 Å². The van der Waals surface area contributed by atoms with Gasteiger partial charge < -0.3 is 10.6 Å². The maximum absolute atomic E-state index is 12.0. The molecule has 0 radical (unpaired) electrons. The number of tetrazole rings is 1. The Morgan fingerprint density at radius 3 is 2.74 bits per heavy atom. The summed E-state index contributed by atoms with van der Waals surface area (Å²) in [5, 5.41) is 19.2. The van der Waals surface area contributed by atoms with Crippen molar-refractivity contribution in [2.45, 2.75) is 19.5 Å². The van der Waals surface area contributed by atoms with Crippen molar-refractivity contribution in [1.29, 1.82) is 0 Å². The Labute approximate surface area is 133 Å². The summed E-state index contributed by atoms with van der Waals surface area (Å²) in [5.41, 5.74) is 1.05. The highest BCUT2D eigenvalue weighted by atomic mass is 16.2. The van der Waals surface area contributed by atoms with E-state index in [1.165, 1.54) is 10.1 Å². The standard InChI is InChI=1S/C16H18N6O/c1-11(15-19-20-21-22(15)2)18-16(23)17-10-12-7-8-13-5-3-4-6-14(13)9-12/h3-9,11H,10H2,1-2H3,(H2,17,18,23)/t11-/m1/s1. The molecule has 0 saturated heterocycles. The molecule has 0 aliphatic rings. The predicted molar refractivity (Wildman–Crippen MR) is 86.5 cm³/mol. The number of rotatable bonds is 4. The molecule has 3 rings (SSSR count). The van der Waals surface area contributed by atoms with E-state index in [0.717, 1.165) is 10.9 Å². The van der Waals surface area contributed by atoms with E-state index in [4.69, 9.17) is 0 Å². The molecular weight excluding hydrogens is 292 g/mol. The molecular formula is C16H18N6O. The SMILES string of the molecule is C[C@@H](NC(=O)NCc1ccc2ccccc2c1)c1nnnn1C. The number of benzene rings is 2. The van der Waals surface area contributed by atoms with Gasteiger partial charge >= 0.3 is 6.03 Å². The first kappa shape index (κ1) is 15.0. The lowest BCUT2D eigenvalue weighted by atomic mass is 10.1. The smallest absolute Gasteiger partial charge is 0.315 e. The van der Waals surface area contributed by atoms with Crippen LogP contribution in [-0.2, 0) is 13.6 Å². The number of carbonyl (C=O) groups excluding carboxylic acids is 1. The first-order valence-electron chi connectivity index (χ1n) is 7.38. The molecule has 2 amide bonds. The first-order valence-corrected chi connectivity index (χ1v) is 7.38. The average molecular weight is 310 g/mol. The fourth-order valence-electron chi connectivity index (χ4n) is 2.45. The van der Waals surface area contributed by atoms with E-state index >= 15 is 0 Å². The van der Waals surface area contributed by atoms with E-state index in [2.05, 4.69) is 50.4 Å². The highest BCUT2D eigenvalue weighted by molar-refractivity contribution is 5.83. The summed E-state index contributed by atoms with van der Waals surface area (Å²) < 4.78 is 1.54. The average Bonchev–Trinajstić information content (AvgIpc) is 2.99. The molecule has 2 N–H and O–H groups in total. The monoisotopic (exact) mass is 310 g/mol. The normalized spacial score (nSPS) is 12.1. The van der Waals surface area contributed by atoms with Crippen molar-refractivity contribution < 1.29 is 4.79 Å². The lowest BCUT2D eigenvalue weighted by Gasteiger charge is -2.13. The number of amides is 2. The minimum Gasteiger partial charge on any atom is -0.334 e. The second kappa shape index (κ2) is 6.43. The number of hydrogen-bond acceptors (Lipinski definition) is 4. The zero-order chi connectivity index (χ0) is 16.2. The Hall–Kier alpha value is -2.96. The van der Waals surface area contributed by atoms with Gasteiger partial charge in [-0.15, -0.1) is 5.10 Å². The Kier molecular flexibility index (Phi) is 4.18. The molecule has 0 aliphatic carbocycles. The van der Waals surface area contributed by atoms with Crippen molar-refractivity contribution >= 4 is 16.8 Å². The molecule has 7 heteroatoms. The van der Waals surface area contributed by atoms with Crippen molar-refractivity contribution in [1.82, 2.24) is 30.8 Å². The van der Waals surface area contributed by atoms with Crippen LogP contribution in [0.15, 0.2) is 42.5 Å². The van der Waals surface area contributed by atoms with E-state index in [1.54, 1.807) is 7.05 Å². The van der Waals surface area contributed by atoms with Gasteiger partial charge in [-0.1, -0.05) is 36.4 Å². The van der Waals surface area contributed by atoms with E-state index in [0.29, 0.717) is 12.4 Å². The van der Waals surface area contributed by atoms with Crippen LogP contribution in [0.2, 0.25) is 0 Å². The Balaban J connectivity index is 1.58. The van der Waals surface area contributed by atoms with Crippen LogP contribution in [0.4, 0.5) is 4.79 Å². The van der Waals surface area contributed by atoms with Gasteiger partial charge in [0.1, 0.15) is 0 Å². The summed E-state index contributed by atoms with van der Waals surface area (Å²) in [5.74, 6) is 0.603. The molecule has 0 spiro atoms. The number of aromatic nitrogens is 4. The van der Waals surface area contributed by atoms with E-state index < -0.39 is 0 Å². The van der Waals surface area contributed by atoms with Gasteiger partial charge in [0.2, 0.25) is 0 Å². The summed E-state index contributed by atoms with van der Waals surface area (Å²) in [6.07, 6.45) is 0. The summed E-state index contributed by atoms with van der Waals surface area (Å²) in [7, 11) is 1.74. The van der Waals surface area contributed by atoms with Crippen LogP contribution in [0.1, 0.15) is 24.4 Å². The number of nitrogens with zero attached hydrogens (tertiary/aromatic N) is 4. The van der Waals surface area contributed by atoms with Crippen molar-refractivity contribution in [3.05, 3.63) is 53.9 Å². The van der Waals surface area contributed by atoms with Crippen molar-refractivity contribution in [2.24, 2.45) is 7.05 Å². The van der Waals surface area contributed by atoms with Crippen molar-refractivity contribution in [2.75, 3.05) is 0 Å². The van der Waals surface area contributed by atoms with Crippen LogP contribution >= 0.6 is 0 Å². The minimum atomic E-state index is -0.272. The van der Waals surface area contributed by atoms with Gasteiger partial charge in [-0.3, -0.25) is 0 Å². The van der Waals surface area contributed by atoms with Crippen LogP contribution in [0.25, 0.3) is 10.8 Å².